The van der Waals surface area contributed by atoms with Gasteiger partial charge < -0.3 is 5.32 Å². The predicted octanol–water partition coefficient (Wildman–Crippen LogP) is 3.65. The highest BCUT2D eigenvalue weighted by atomic mass is 35.5. The molecule has 0 saturated heterocycles. The zero-order valence-corrected chi connectivity index (χ0v) is 13.4. The molecule has 1 aromatic carbocycles. The quantitative estimate of drug-likeness (QED) is 0.881. The van der Waals surface area contributed by atoms with Gasteiger partial charge in [0.25, 0.3) is 0 Å². The normalized spacial score (nSPS) is 10.5. The topological polar surface area (TPSA) is 42.0 Å². The monoisotopic (exact) mass is 326 g/mol. The number of aryl methyl sites for hydroxylation is 1. The van der Waals surface area contributed by atoms with Crippen LogP contribution in [0.25, 0.3) is 0 Å². The van der Waals surface area contributed by atoms with Crippen molar-refractivity contribution < 1.29 is 4.79 Å². The molecular formula is C14H15ClN2OS2. The number of halogens is 1. The third kappa shape index (κ3) is 5.15. The van der Waals surface area contributed by atoms with Crippen LogP contribution in [0.5, 0.6) is 0 Å². The van der Waals surface area contributed by atoms with E-state index in [4.69, 9.17) is 11.6 Å². The second-order valence-corrected chi connectivity index (χ2v) is 6.74. The largest absolute Gasteiger partial charge is 0.351 e. The van der Waals surface area contributed by atoms with Gasteiger partial charge in [0.15, 0.2) is 0 Å². The Kier molecular flexibility index (Phi) is 5.88. The summed E-state index contributed by atoms with van der Waals surface area (Å²) in [6.45, 7) is 2.52. The van der Waals surface area contributed by atoms with Gasteiger partial charge in [-0.05, 0) is 24.6 Å². The molecule has 0 bridgehead atoms. The van der Waals surface area contributed by atoms with Crippen LogP contribution in [0, 0.1) is 6.92 Å². The minimum Gasteiger partial charge on any atom is -0.351 e. The van der Waals surface area contributed by atoms with Crippen molar-refractivity contribution in [3.63, 3.8) is 0 Å². The molecule has 0 unspecified atom stereocenters. The van der Waals surface area contributed by atoms with Crippen LogP contribution in [0.4, 0.5) is 0 Å². The van der Waals surface area contributed by atoms with Gasteiger partial charge in [-0.1, -0.05) is 23.7 Å². The van der Waals surface area contributed by atoms with E-state index in [-0.39, 0.29) is 5.91 Å². The van der Waals surface area contributed by atoms with E-state index in [0.29, 0.717) is 17.3 Å². The Hall–Kier alpha value is -1.04. The van der Waals surface area contributed by atoms with Crippen molar-refractivity contribution in [2.45, 2.75) is 19.2 Å². The van der Waals surface area contributed by atoms with Gasteiger partial charge in [0.2, 0.25) is 5.91 Å². The summed E-state index contributed by atoms with van der Waals surface area (Å²) in [6, 6.07) is 7.46. The molecule has 1 amide bonds. The number of benzene rings is 1. The molecule has 20 heavy (non-hydrogen) atoms. The van der Waals surface area contributed by atoms with Gasteiger partial charge in [0.1, 0.15) is 0 Å². The summed E-state index contributed by atoms with van der Waals surface area (Å²) in [4.78, 5) is 16.1. The number of hydrogen-bond acceptors (Lipinski definition) is 4. The molecule has 0 spiro atoms. The van der Waals surface area contributed by atoms with E-state index in [2.05, 4.69) is 10.3 Å². The third-order valence-corrected chi connectivity index (χ3v) is 4.59. The maximum atomic E-state index is 11.7. The van der Waals surface area contributed by atoms with Crippen LogP contribution < -0.4 is 5.32 Å². The number of thioether (sulfide) groups is 1. The number of carbonyl (C=O) groups excluding carboxylic acids is 1. The predicted molar refractivity (Wildman–Crippen MR) is 86.3 cm³/mol. The fourth-order valence-corrected chi connectivity index (χ4v) is 3.17. The van der Waals surface area contributed by atoms with Crippen molar-refractivity contribution in [1.29, 1.82) is 0 Å². The van der Waals surface area contributed by atoms with Gasteiger partial charge in [0.05, 0.1) is 16.5 Å². The van der Waals surface area contributed by atoms with E-state index in [1.807, 2.05) is 36.6 Å². The average molecular weight is 327 g/mol. The first kappa shape index (κ1) is 15.4. The smallest absolute Gasteiger partial charge is 0.230 e. The average Bonchev–Trinajstić information content (AvgIpc) is 2.84. The second-order valence-electron chi connectivity index (χ2n) is 4.25. The van der Waals surface area contributed by atoms with Crippen LogP contribution in [-0.2, 0) is 17.1 Å². The fourth-order valence-electron chi connectivity index (χ4n) is 1.58. The number of nitrogens with zero attached hydrogens (tertiary/aromatic N) is 1. The molecule has 3 nitrogen and oxygen atoms in total. The number of hydrogen-bond donors (Lipinski definition) is 1. The summed E-state index contributed by atoms with van der Waals surface area (Å²) in [6.07, 6.45) is 0. The molecule has 1 N–H and O–H groups in total. The van der Waals surface area contributed by atoms with E-state index in [1.165, 1.54) is 0 Å². The van der Waals surface area contributed by atoms with Gasteiger partial charge >= 0.3 is 0 Å². The molecule has 1 heterocycles. The van der Waals surface area contributed by atoms with Crippen molar-refractivity contribution in [2.24, 2.45) is 0 Å². The number of nitrogens with one attached hydrogen (secondary N) is 1. The Balaban J connectivity index is 1.66. The Morgan fingerprint density at radius 2 is 2.15 bits per heavy atom. The van der Waals surface area contributed by atoms with Crippen molar-refractivity contribution in [3.05, 3.63) is 50.9 Å². The summed E-state index contributed by atoms with van der Waals surface area (Å²) < 4.78 is 0. The Labute approximate surface area is 131 Å². The van der Waals surface area contributed by atoms with Gasteiger partial charge in [-0.2, -0.15) is 0 Å². The minimum atomic E-state index is 0.0388. The summed E-state index contributed by atoms with van der Waals surface area (Å²) in [5.74, 6) is 1.26. The summed E-state index contributed by atoms with van der Waals surface area (Å²) in [5.41, 5.74) is 2.09. The number of rotatable bonds is 6. The number of carbonyl (C=O) groups is 1. The lowest BCUT2D eigenvalue weighted by atomic mass is 10.2. The van der Waals surface area contributed by atoms with E-state index < -0.39 is 0 Å². The molecule has 0 atom stereocenters. The summed E-state index contributed by atoms with van der Waals surface area (Å²) in [5, 5.41) is 6.69. The van der Waals surface area contributed by atoms with Crippen LogP contribution in [0.3, 0.4) is 0 Å². The molecule has 6 heteroatoms. The number of thiazole rings is 1. The van der Waals surface area contributed by atoms with Crippen LogP contribution in [0.15, 0.2) is 29.6 Å². The van der Waals surface area contributed by atoms with Crippen LogP contribution >= 0.6 is 34.7 Å². The SMILES string of the molecule is Cc1nc(CSCC(=O)NCc2ccc(Cl)cc2)cs1. The summed E-state index contributed by atoms with van der Waals surface area (Å²) in [7, 11) is 0. The van der Waals surface area contributed by atoms with E-state index in [9.17, 15) is 4.79 Å². The highest BCUT2D eigenvalue weighted by molar-refractivity contribution is 7.99. The third-order valence-electron chi connectivity index (χ3n) is 2.55. The molecule has 2 aromatic rings. The molecule has 2 rings (SSSR count). The van der Waals surface area contributed by atoms with Crippen molar-refractivity contribution in [1.82, 2.24) is 10.3 Å². The van der Waals surface area contributed by atoms with Crippen LogP contribution in [0.2, 0.25) is 5.02 Å². The molecule has 0 fully saturated rings. The van der Waals surface area contributed by atoms with Crippen molar-refractivity contribution in [3.8, 4) is 0 Å². The highest BCUT2D eigenvalue weighted by Gasteiger charge is 2.04. The lowest BCUT2D eigenvalue weighted by Gasteiger charge is -2.05. The zero-order valence-electron chi connectivity index (χ0n) is 11.1. The van der Waals surface area contributed by atoms with Crippen LogP contribution in [-0.4, -0.2) is 16.6 Å². The summed E-state index contributed by atoms with van der Waals surface area (Å²) >= 11 is 9.02. The highest BCUT2D eigenvalue weighted by Crippen LogP contribution is 2.15. The van der Waals surface area contributed by atoms with E-state index >= 15 is 0 Å². The van der Waals surface area contributed by atoms with E-state index in [1.54, 1.807) is 23.1 Å². The Morgan fingerprint density at radius 3 is 2.80 bits per heavy atom. The van der Waals surface area contributed by atoms with Crippen molar-refractivity contribution >= 4 is 40.6 Å². The Bertz CT molecular complexity index is 569. The maximum absolute atomic E-state index is 11.7. The molecule has 0 aliphatic heterocycles. The lowest BCUT2D eigenvalue weighted by molar-refractivity contribution is -0.118. The Morgan fingerprint density at radius 1 is 1.40 bits per heavy atom. The minimum absolute atomic E-state index is 0.0388. The van der Waals surface area contributed by atoms with Gasteiger partial charge in [0, 0.05) is 22.7 Å². The first-order valence-electron chi connectivity index (χ1n) is 6.13. The molecular weight excluding hydrogens is 312 g/mol. The molecule has 0 aliphatic rings. The van der Waals surface area contributed by atoms with Gasteiger partial charge in [-0.15, -0.1) is 23.1 Å². The number of amides is 1. The molecule has 0 aliphatic carbocycles. The lowest BCUT2D eigenvalue weighted by Crippen LogP contribution is -2.24. The maximum Gasteiger partial charge on any atom is 0.230 e. The first-order chi connectivity index (χ1) is 9.63. The van der Waals surface area contributed by atoms with Crippen molar-refractivity contribution in [2.75, 3.05) is 5.75 Å². The van der Waals surface area contributed by atoms with E-state index in [0.717, 1.165) is 22.0 Å². The fraction of sp³-hybridized carbons (Fsp3) is 0.286. The first-order valence-corrected chi connectivity index (χ1v) is 8.54. The number of aromatic nitrogens is 1. The zero-order chi connectivity index (χ0) is 14.4. The van der Waals surface area contributed by atoms with Gasteiger partial charge in [-0.25, -0.2) is 4.98 Å². The van der Waals surface area contributed by atoms with Gasteiger partial charge in [-0.3, -0.25) is 4.79 Å². The molecule has 0 radical (unpaired) electrons. The molecule has 106 valence electrons. The second kappa shape index (κ2) is 7.67. The molecule has 1 aromatic heterocycles. The van der Waals surface area contributed by atoms with Crippen LogP contribution in [0.1, 0.15) is 16.3 Å². The standard InChI is InChI=1S/C14H15ClN2OS2/c1-10-17-13(8-20-10)7-19-9-14(18)16-6-11-2-4-12(15)5-3-11/h2-5,8H,6-7,9H2,1H3,(H,16,18). The molecule has 0 saturated carbocycles.